The molecule has 6 nitrogen and oxygen atoms in total. The fraction of sp³-hybridized carbons (Fsp3) is 0.633. The number of halogens is 3. The smallest absolute Gasteiger partial charge is 0.314 e. The summed E-state index contributed by atoms with van der Waals surface area (Å²) in [6.45, 7) is 6.88. The first kappa shape index (κ1) is 30.6. The maximum atomic E-state index is 13.2. The molecule has 2 saturated heterocycles. The summed E-state index contributed by atoms with van der Waals surface area (Å²) < 4.78 is 2.16. The molecule has 0 aromatic carbocycles. The zero-order valence-corrected chi connectivity index (χ0v) is 27.0. The van der Waals surface area contributed by atoms with Gasteiger partial charge in [0.2, 0.25) is 5.91 Å². The SMILES string of the molecule is CC.NC(=O)N1CCC(CC(=O)N2CCC(C3C4=C(CCc5cc(Br)cnc53)CCC(Cl)C=C4Br)CC2)CC1. The number of rotatable bonds is 3. The molecule has 1 aromatic rings. The Balaban J connectivity index is 0.00000172. The van der Waals surface area contributed by atoms with Gasteiger partial charge in [0.05, 0.1) is 11.1 Å². The van der Waals surface area contributed by atoms with E-state index < -0.39 is 0 Å². The molecule has 39 heavy (non-hydrogen) atoms. The van der Waals surface area contributed by atoms with Gasteiger partial charge < -0.3 is 15.5 Å². The van der Waals surface area contributed by atoms with Gasteiger partial charge in [-0.1, -0.05) is 41.4 Å². The van der Waals surface area contributed by atoms with Crippen LogP contribution in [0.3, 0.4) is 0 Å². The quantitative estimate of drug-likeness (QED) is 0.340. The number of allylic oxidation sites excluding steroid dienone is 4. The average Bonchev–Trinajstić information content (AvgIpc) is 3.18. The second kappa shape index (κ2) is 14.0. The standard InChI is InChI=1S/C28H35Br2ClN4O2.C2H6/c29-21-14-20-2-1-18-3-4-22(31)15-23(30)25(18)26(27(20)33-16-21)19-7-11-34(12-8-19)24(36)13-17-5-9-35(10-6-17)28(32)37;1-2/h14-17,19,22,26H,1-13H2,(H2,32,37);1-2H3. The molecule has 2 aliphatic heterocycles. The van der Waals surface area contributed by atoms with Gasteiger partial charge in [0, 0.05) is 53.7 Å². The predicted octanol–water partition coefficient (Wildman–Crippen LogP) is 7.30. The van der Waals surface area contributed by atoms with Crippen LogP contribution in [-0.4, -0.2) is 58.3 Å². The lowest BCUT2D eigenvalue weighted by molar-refractivity contribution is -0.134. The van der Waals surface area contributed by atoms with Crippen LogP contribution >= 0.6 is 43.5 Å². The first-order chi connectivity index (χ1) is 18.8. The normalized spacial score (nSPS) is 24.5. The van der Waals surface area contributed by atoms with Crippen molar-refractivity contribution in [2.75, 3.05) is 26.2 Å². The number of pyridine rings is 1. The van der Waals surface area contributed by atoms with E-state index in [1.165, 1.54) is 22.4 Å². The number of alkyl halides is 1. The van der Waals surface area contributed by atoms with Gasteiger partial charge in [0.25, 0.3) is 0 Å². The summed E-state index contributed by atoms with van der Waals surface area (Å²) in [5, 5.41) is 0.0357. The number of likely N-dealkylation sites (tertiary alicyclic amines) is 2. The van der Waals surface area contributed by atoms with Crippen LogP contribution in [-0.2, 0) is 11.2 Å². The van der Waals surface area contributed by atoms with Crippen molar-refractivity contribution in [2.24, 2.45) is 17.6 Å². The van der Waals surface area contributed by atoms with Gasteiger partial charge in [0.15, 0.2) is 0 Å². The molecular weight excluding hydrogens is 644 g/mol. The number of nitrogens with zero attached hydrogens (tertiary/aromatic N) is 3. The van der Waals surface area contributed by atoms with Gasteiger partial charge in [-0.15, -0.1) is 11.6 Å². The van der Waals surface area contributed by atoms with Crippen molar-refractivity contribution in [2.45, 2.75) is 82.9 Å². The van der Waals surface area contributed by atoms with E-state index in [0.717, 1.165) is 73.4 Å². The molecule has 3 heterocycles. The second-order valence-corrected chi connectivity index (χ2v) is 13.3. The number of amides is 3. The van der Waals surface area contributed by atoms with Crippen molar-refractivity contribution in [3.63, 3.8) is 0 Å². The number of aromatic nitrogens is 1. The van der Waals surface area contributed by atoms with E-state index in [1.807, 2.05) is 20.0 Å². The Morgan fingerprint density at radius 2 is 1.67 bits per heavy atom. The van der Waals surface area contributed by atoms with E-state index in [2.05, 4.69) is 48.9 Å². The van der Waals surface area contributed by atoms with E-state index in [-0.39, 0.29) is 23.2 Å². The van der Waals surface area contributed by atoms with Crippen LogP contribution in [0.5, 0.6) is 0 Å². The lowest BCUT2D eigenvalue weighted by atomic mass is 9.75. The minimum atomic E-state index is -0.358. The maximum absolute atomic E-state index is 13.2. The minimum absolute atomic E-state index is 0.0357. The van der Waals surface area contributed by atoms with Crippen LogP contribution in [0.4, 0.5) is 4.79 Å². The van der Waals surface area contributed by atoms with Gasteiger partial charge >= 0.3 is 6.03 Å². The zero-order chi connectivity index (χ0) is 28.1. The third-order valence-electron chi connectivity index (χ3n) is 8.71. The second-order valence-electron chi connectivity index (χ2n) is 11.0. The van der Waals surface area contributed by atoms with E-state index in [9.17, 15) is 9.59 Å². The van der Waals surface area contributed by atoms with Gasteiger partial charge in [0.1, 0.15) is 0 Å². The number of hydrogen-bond donors (Lipinski definition) is 1. The highest BCUT2D eigenvalue weighted by molar-refractivity contribution is 9.12. The van der Waals surface area contributed by atoms with E-state index in [4.69, 9.17) is 22.3 Å². The molecule has 0 bridgehead atoms. The Labute approximate surface area is 255 Å². The summed E-state index contributed by atoms with van der Waals surface area (Å²) in [5.74, 6) is 1.22. The molecule has 2 N–H and O–H groups in total. The first-order valence-corrected chi connectivity index (χ1v) is 16.5. The zero-order valence-electron chi connectivity index (χ0n) is 23.1. The average molecular weight is 685 g/mol. The molecule has 0 spiro atoms. The summed E-state index contributed by atoms with van der Waals surface area (Å²) >= 11 is 14.2. The van der Waals surface area contributed by atoms with Crippen molar-refractivity contribution < 1.29 is 9.59 Å². The molecule has 1 aromatic heterocycles. The largest absolute Gasteiger partial charge is 0.351 e. The molecule has 0 radical (unpaired) electrons. The first-order valence-electron chi connectivity index (χ1n) is 14.5. The van der Waals surface area contributed by atoms with Gasteiger partial charge in [-0.3, -0.25) is 9.78 Å². The van der Waals surface area contributed by atoms with Gasteiger partial charge in [-0.2, -0.15) is 0 Å². The highest BCUT2D eigenvalue weighted by Gasteiger charge is 2.38. The third kappa shape index (κ3) is 7.28. The van der Waals surface area contributed by atoms with Crippen molar-refractivity contribution in [1.29, 1.82) is 0 Å². The Morgan fingerprint density at radius 3 is 2.33 bits per heavy atom. The van der Waals surface area contributed by atoms with E-state index in [1.54, 1.807) is 4.90 Å². The maximum Gasteiger partial charge on any atom is 0.314 e. The molecule has 2 fully saturated rings. The van der Waals surface area contributed by atoms with Crippen molar-refractivity contribution in [3.05, 3.63) is 49.7 Å². The number of nitrogens with two attached hydrogens (primary N) is 1. The van der Waals surface area contributed by atoms with E-state index >= 15 is 0 Å². The summed E-state index contributed by atoms with van der Waals surface area (Å²) in [6.07, 6.45) is 12.3. The lowest BCUT2D eigenvalue weighted by Gasteiger charge is -2.38. The van der Waals surface area contributed by atoms with Crippen LogP contribution in [0, 0.1) is 11.8 Å². The number of urea groups is 1. The molecular formula is C30H41Br2ClN4O2. The number of aryl methyl sites for hydroxylation is 1. The number of hydrogen-bond acceptors (Lipinski definition) is 3. The number of primary amides is 1. The Morgan fingerprint density at radius 1 is 1.00 bits per heavy atom. The fourth-order valence-electron chi connectivity index (χ4n) is 6.64. The monoisotopic (exact) mass is 682 g/mol. The summed E-state index contributed by atoms with van der Waals surface area (Å²) in [6, 6.07) is 1.88. The summed E-state index contributed by atoms with van der Waals surface area (Å²) in [4.78, 5) is 33.3. The predicted molar refractivity (Wildman–Crippen MR) is 165 cm³/mol. The Kier molecular flexibility index (Phi) is 11.0. The topological polar surface area (TPSA) is 79.5 Å². The number of fused-ring (bicyclic) bond motifs is 1. The van der Waals surface area contributed by atoms with Crippen LogP contribution in [0.1, 0.15) is 82.4 Å². The molecule has 0 saturated carbocycles. The molecule has 3 amide bonds. The summed E-state index contributed by atoms with van der Waals surface area (Å²) in [5.41, 5.74) is 10.8. The molecule has 2 aliphatic carbocycles. The van der Waals surface area contributed by atoms with Crippen LogP contribution in [0.25, 0.3) is 0 Å². The minimum Gasteiger partial charge on any atom is -0.351 e. The van der Waals surface area contributed by atoms with Gasteiger partial charge in [-0.25, -0.2) is 4.79 Å². The number of piperidine rings is 2. The molecule has 9 heteroatoms. The number of carbonyl (C=O) groups is 2. The van der Waals surface area contributed by atoms with Crippen molar-refractivity contribution >= 4 is 55.4 Å². The molecule has 214 valence electrons. The molecule has 5 rings (SSSR count). The number of carbonyl (C=O) groups excluding carboxylic acids is 2. The lowest BCUT2D eigenvalue weighted by Crippen LogP contribution is -2.44. The fourth-order valence-corrected chi connectivity index (χ4v) is 8.26. The molecule has 2 unspecified atom stereocenters. The van der Waals surface area contributed by atoms with Crippen molar-refractivity contribution in [3.8, 4) is 0 Å². The Bertz CT molecular complexity index is 1110. The highest BCUT2D eigenvalue weighted by atomic mass is 79.9. The highest BCUT2D eigenvalue weighted by Crippen LogP contribution is 2.49. The molecule has 2 atom stereocenters. The third-order valence-corrected chi connectivity index (χ3v) is 10.2. The molecule has 4 aliphatic rings. The van der Waals surface area contributed by atoms with Gasteiger partial charge in [-0.05, 0) is 96.3 Å². The Hall–Kier alpha value is -1.38. The van der Waals surface area contributed by atoms with Crippen molar-refractivity contribution in [1.82, 2.24) is 14.8 Å². The summed E-state index contributed by atoms with van der Waals surface area (Å²) in [7, 11) is 0. The van der Waals surface area contributed by atoms with Crippen LogP contribution in [0.15, 0.2) is 38.4 Å². The van der Waals surface area contributed by atoms with Crippen LogP contribution < -0.4 is 5.73 Å². The van der Waals surface area contributed by atoms with E-state index in [0.29, 0.717) is 31.3 Å². The van der Waals surface area contributed by atoms with Crippen LogP contribution in [0.2, 0.25) is 0 Å².